The molecule has 6 heteroatoms. The fourth-order valence-corrected chi connectivity index (χ4v) is 3.67. The Bertz CT molecular complexity index is 1000. The molecule has 1 saturated carbocycles. The molecule has 0 aliphatic heterocycles. The number of hydrogen-bond donors (Lipinski definition) is 3. The van der Waals surface area contributed by atoms with E-state index in [9.17, 15) is 19.1 Å². The predicted molar refractivity (Wildman–Crippen MR) is 115 cm³/mol. The van der Waals surface area contributed by atoms with Crippen LogP contribution in [0, 0.1) is 18.2 Å². The van der Waals surface area contributed by atoms with E-state index in [1.54, 1.807) is 25.1 Å². The number of hydrogen-bond acceptors (Lipinski definition) is 3. The molecule has 1 aliphatic carbocycles. The van der Waals surface area contributed by atoms with Crippen molar-refractivity contribution in [3.63, 3.8) is 0 Å². The van der Waals surface area contributed by atoms with E-state index in [2.05, 4.69) is 5.32 Å². The molecule has 1 fully saturated rings. The molecule has 0 bridgehead atoms. The van der Waals surface area contributed by atoms with Crippen molar-refractivity contribution < 1.29 is 19.1 Å². The Kier molecular flexibility index (Phi) is 5.99. The standard InChI is InChI=1S/C24H29FN2O3/c1-13-19(25)10-18(22(26)29)21(14-5-6-14)20(13)17-8-7-15(9-16(17)11-28)23(30)27-12-24(2,3)4/h7-10,14,28H,5-6,11-12H2,1-4H3,(H2,26,29)(H,27,30). The SMILES string of the molecule is Cc1c(F)cc(C(N)=O)c(C2CC2)c1-c1ccc(C(=O)NCC(C)(C)C)cc1CO. The molecular weight excluding hydrogens is 383 g/mol. The average molecular weight is 413 g/mol. The molecule has 0 heterocycles. The molecule has 2 aromatic rings. The minimum Gasteiger partial charge on any atom is -0.392 e. The predicted octanol–water partition coefficient (Wildman–Crippen LogP) is 4.05. The number of nitrogens with two attached hydrogens (primary N) is 1. The summed E-state index contributed by atoms with van der Waals surface area (Å²) >= 11 is 0. The van der Waals surface area contributed by atoms with Crippen molar-refractivity contribution >= 4 is 11.8 Å². The third-order valence-electron chi connectivity index (χ3n) is 5.40. The molecule has 160 valence electrons. The number of nitrogens with one attached hydrogen (secondary N) is 1. The van der Waals surface area contributed by atoms with Crippen molar-refractivity contribution in [2.24, 2.45) is 11.1 Å². The van der Waals surface area contributed by atoms with Crippen molar-refractivity contribution in [1.29, 1.82) is 0 Å². The highest BCUT2D eigenvalue weighted by molar-refractivity contribution is 5.98. The molecule has 0 aromatic heterocycles. The van der Waals surface area contributed by atoms with Crippen LogP contribution in [-0.4, -0.2) is 23.5 Å². The number of halogens is 1. The van der Waals surface area contributed by atoms with Gasteiger partial charge >= 0.3 is 0 Å². The van der Waals surface area contributed by atoms with E-state index in [1.807, 2.05) is 20.8 Å². The Balaban J connectivity index is 2.10. The summed E-state index contributed by atoms with van der Waals surface area (Å²) in [5.74, 6) is -1.27. The van der Waals surface area contributed by atoms with Crippen LogP contribution in [0.4, 0.5) is 4.39 Å². The van der Waals surface area contributed by atoms with Crippen LogP contribution in [0.2, 0.25) is 0 Å². The van der Waals surface area contributed by atoms with Gasteiger partial charge in [-0.15, -0.1) is 0 Å². The highest BCUT2D eigenvalue weighted by Crippen LogP contribution is 2.48. The number of carbonyl (C=O) groups excluding carboxylic acids is 2. The van der Waals surface area contributed by atoms with Gasteiger partial charge < -0.3 is 16.2 Å². The first-order valence-electron chi connectivity index (χ1n) is 10.2. The van der Waals surface area contributed by atoms with E-state index in [0.29, 0.717) is 34.4 Å². The lowest BCUT2D eigenvalue weighted by Crippen LogP contribution is -2.32. The van der Waals surface area contributed by atoms with Crippen LogP contribution < -0.4 is 11.1 Å². The summed E-state index contributed by atoms with van der Waals surface area (Å²) in [5, 5.41) is 12.9. The third kappa shape index (κ3) is 4.54. The van der Waals surface area contributed by atoms with Crippen LogP contribution in [0.3, 0.4) is 0 Å². The van der Waals surface area contributed by atoms with Crippen LogP contribution in [0.1, 0.15) is 76.9 Å². The molecule has 5 nitrogen and oxygen atoms in total. The van der Waals surface area contributed by atoms with Crippen LogP contribution >= 0.6 is 0 Å². The molecular formula is C24H29FN2O3. The first-order valence-corrected chi connectivity index (χ1v) is 10.2. The van der Waals surface area contributed by atoms with Gasteiger partial charge in [0.05, 0.1) is 6.61 Å². The topological polar surface area (TPSA) is 92.4 Å². The number of amides is 2. The Labute approximate surface area is 176 Å². The highest BCUT2D eigenvalue weighted by Gasteiger charge is 2.33. The van der Waals surface area contributed by atoms with E-state index >= 15 is 0 Å². The van der Waals surface area contributed by atoms with Gasteiger partial charge in [-0.05, 0) is 77.1 Å². The number of primary amides is 1. The maximum Gasteiger partial charge on any atom is 0.251 e. The first-order chi connectivity index (χ1) is 14.0. The van der Waals surface area contributed by atoms with Crippen LogP contribution in [0.15, 0.2) is 24.3 Å². The minimum atomic E-state index is -0.666. The second-order valence-corrected chi connectivity index (χ2v) is 9.23. The molecule has 0 spiro atoms. The largest absolute Gasteiger partial charge is 0.392 e. The summed E-state index contributed by atoms with van der Waals surface area (Å²) < 4.78 is 14.7. The lowest BCUT2D eigenvalue weighted by Gasteiger charge is -2.21. The van der Waals surface area contributed by atoms with Gasteiger partial charge in [-0.25, -0.2) is 4.39 Å². The van der Waals surface area contributed by atoms with Gasteiger partial charge in [0.2, 0.25) is 5.91 Å². The molecule has 0 saturated heterocycles. The molecule has 30 heavy (non-hydrogen) atoms. The van der Waals surface area contributed by atoms with Gasteiger partial charge in [-0.3, -0.25) is 9.59 Å². The van der Waals surface area contributed by atoms with E-state index < -0.39 is 11.7 Å². The van der Waals surface area contributed by atoms with Crippen LogP contribution in [0.25, 0.3) is 11.1 Å². The lowest BCUT2D eigenvalue weighted by molar-refractivity contribution is 0.0938. The summed E-state index contributed by atoms with van der Waals surface area (Å²) in [7, 11) is 0. The summed E-state index contributed by atoms with van der Waals surface area (Å²) in [6.45, 7) is 7.93. The smallest absolute Gasteiger partial charge is 0.251 e. The van der Waals surface area contributed by atoms with Gasteiger partial charge in [-0.1, -0.05) is 26.8 Å². The molecule has 0 unspecified atom stereocenters. The maximum absolute atomic E-state index is 14.7. The molecule has 2 aromatic carbocycles. The fraction of sp³-hybridized carbons (Fsp3) is 0.417. The number of carbonyl (C=O) groups is 2. The Morgan fingerprint density at radius 3 is 2.43 bits per heavy atom. The minimum absolute atomic E-state index is 0.0571. The zero-order valence-corrected chi connectivity index (χ0v) is 17.9. The summed E-state index contributed by atoms with van der Waals surface area (Å²) in [6, 6.07) is 6.22. The van der Waals surface area contributed by atoms with Gasteiger partial charge in [0.15, 0.2) is 0 Å². The quantitative estimate of drug-likeness (QED) is 0.668. The van der Waals surface area contributed by atoms with Crippen LogP contribution in [0.5, 0.6) is 0 Å². The fourth-order valence-electron chi connectivity index (χ4n) is 3.67. The van der Waals surface area contributed by atoms with E-state index in [1.165, 1.54) is 6.07 Å². The summed E-state index contributed by atoms with van der Waals surface area (Å²) in [4.78, 5) is 24.5. The van der Waals surface area contributed by atoms with Gasteiger partial charge in [0, 0.05) is 17.7 Å². The van der Waals surface area contributed by atoms with E-state index in [-0.39, 0.29) is 29.4 Å². The van der Waals surface area contributed by atoms with Crippen molar-refractivity contribution in [3.8, 4) is 11.1 Å². The Morgan fingerprint density at radius 2 is 1.90 bits per heavy atom. The lowest BCUT2D eigenvalue weighted by atomic mass is 9.85. The summed E-state index contributed by atoms with van der Waals surface area (Å²) in [6.07, 6.45) is 1.81. The molecule has 1 aliphatic rings. The monoisotopic (exact) mass is 412 g/mol. The molecule has 2 amide bonds. The van der Waals surface area contributed by atoms with Gasteiger partial charge in [0.25, 0.3) is 5.91 Å². The highest BCUT2D eigenvalue weighted by atomic mass is 19.1. The molecule has 4 N–H and O–H groups in total. The number of aliphatic hydroxyl groups excluding tert-OH is 1. The van der Waals surface area contributed by atoms with Crippen LogP contribution in [-0.2, 0) is 6.61 Å². The van der Waals surface area contributed by atoms with Crippen molar-refractivity contribution in [3.05, 3.63) is 57.9 Å². The Morgan fingerprint density at radius 1 is 1.23 bits per heavy atom. The van der Waals surface area contributed by atoms with Gasteiger partial charge in [-0.2, -0.15) is 0 Å². The first kappa shape index (κ1) is 22.0. The second kappa shape index (κ2) is 8.19. The summed E-state index contributed by atoms with van der Waals surface area (Å²) in [5.41, 5.74) is 8.95. The zero-order chi connectivity index (χ0) is 22.2. The number of rotatable bonds is 6. The molecule has 0 atom stereocenters. The van der Waals surface area contributed by atoms with Crippen molar-refractivity contribution in [2.75, 3.05) is 6.54 Å². The average Bonchev–Trinajstić information content (AvgIpc) is 3.51. The van der Waals surface area contributed by atoms with Crippen molar-refractivity contribution in [1.82, 2.24) is 5.32 Å². The van der Waals surface area contributed by atoms with E-state index in [0.717, 1.165) is 18.4 Å². The molecule has 3 rings (SSSR count). The maximum atomic E-state index is 14.7. The number of aliphatic hydroxyl groups is 1. The third-order valence-corrected chi connectivity index (χ3v) is 5.40. The normalized spacial score (nSPS) is 13.9. The zero-order valence-electron chi connectivity index (χ0n) is 17.9. The number of benzene rings is 2. The van der Waals surface area contributed by atoms with Crippen molar-refractivity contribution in [2.45, 2.75) is 53.1 Å². The van der Waals surface area contributed by atoms with E-state index in [4.69, 9.17) is 5.73 Å². The van der Waals surface area contributed by atoms with Gasteiger partial charge in [0.1, 0.15) is 5.82 Å². The molecule has 0 radical (unpaired) electrons. The second-order valence-electron chi connectivity index (χ2n) is 9.23. The Hall–Kier alpha value is -2.73.